The van der Waals surface area contributed by atoms with Crippen LogP contribution >= 0.6 is 0 Å². The molecule has 0 unspecified atom stereocenters. The summed E-state index contributed by atoms with van der Waals surface area (Å²) in [7, 11) is 0. The third-order valence-electron chi connectivity index (χ3n) is 2.91. The molecular weight excluding hydrogens is 298 g/mol. The fraction of sp³-hybridized carbons (Fsp3) is 0.125. The first-order chi connectivity index (χ1) is 11.1. The van der Waals surface area contributed by atoms with Crippen molar-refractivity contribution in [3.63, 3.8) is 0 Å². The third-order valence-corrected chi connectivity index (χ3v) is 2.91. The average molecular weight is 313 g/mol. The largest absolute Gasteiger partial charge is 0.494 e. The van der Waals surface area contributed by atoms with Gasteiger partial charge in [-0.1, -0.05) is 0 Å². The number of nitrogens with one attached hydrogen (secondary N) is 1. The zero-order valence-corrected chi connectivity index (χ0v) is 12.4. The van der Waals surface area contributed by atoms with Crippen LogP contribution in [0.4, 0.5) is 5.69 Å². The number of amides is 1. The molecule has 0 radical (unpaired) electrons. The van der Waals surface area contributed by atoms with Gasteiger partial charge in [0.2, 0.25) is 0 Å². The Morgan fingerprint density at radius 3 is 2.43 bits per heavy atom. The third kappa shape index (κ3) is 4.63. The van der Waals surface area contributed by atoms with Crippen molar-refractivity contribution >= 4 is 17.8 Å². The van der Waals surface area contributed by atoms with E-state index in [0.717, 1.165) is 0 Å². The van der Waals surface area contributed by atoms with Crippen molar-refractivity contribution < 1.29 is 14.5 Å². The van der Waals surface area contributed by atoms with Crippen LogP contribution in [0.1, 0.15) is 22.8 Å². The quantitative estimate of drug-likeness (QED) is 0.504. The maximum absolute atomic E-state index is 11.9. The SMILES string of the molecule is CCOc1ccc(C(=O)N/N=C/c2ccc([N+](=O)[O-])cc2)cc1. The molecule has 2 aromatic rings. The zero-order valence-electron chi connectivity index (χ0n) is 12.4. The molecule has 0 aliphatic rings. The summed E-state index contributed by atoms with van der Waals surface area (Å²) in [5, 5.41) is 14.4. The summed E-state index contributed by atoms with van der Waals surface area (Å²) in [6.45, 7) is 2.44. The van der Waals surface area contributed by atoms with E-state index in [2.05, 4.69) is 10.5 Å². The molecule has 7 heteroatoms. The second-order valence-corrected chi connectivity index (χ2v) is 4.51. The van der Waals surface area contributed by atoms with Crippen LogP contribution in [0.3, 0.4) is 0 Å². The van der Waals surface area contributed by atoms with Crippen molar-refractivity contribution in [3.8, 4) is 5.75 Å². The van der Waals surface area contributed by atoms with Gasteiger partial charge in [-0.15, -0.1) is 0 Å². The van der Waals surface area contributed by atoms with Crippen LogP contribution in [0.25, 0.3) is 0 Å². The second kappa shape index (κ2) is 7.69. The fourth-order valence-corrected chi connectivity index (χ4v) is 1.78. The lowest BCUT2D eigenvalue weighted by molar-refractivity contribution is -0.384. The van der Waals surface area contributed by atoms with E-state index in [1.165, 1.54) is 18.3 Å². The number of carbonyl (C=O) groups is 1. The van der Waals surface area contributed by atoms with Gasteiger partial charge in [-0.25, -0.2) is 5.43 Å². The van der Waals surface area contributed by atoms with Crippen molar-refractivity contribution in [3.05, 3.63) is 69.8 Å². The van der Waals surface area contributed by atoms with E-state index in [4.69, 9.17) is 4.74 Å². The first kappa shape index (κ1) is 16.2. The monoisotopic (exact) mass is 313 g/mol. The molecule has 7 nitrogen and oxygen atoms in total. The number of nitro groups is 1. The minimum atomic E-state index is -0.478. The lowest BCUT2D eigenvalue weighted by atomic mass is 10.2. The van der Waals surface area contributed by atoms with Crippen LogP contribution < -0.4 is 10.2 Å². The first-order valence-electron chi connectivity index (χ1n) is 6.91. The second-order valence-electron chi connectivity index (χ2n) is 4.51. The van der Waals surface area contributed by atoms with E-state index >= 15 is 0 Å². The topological polar surface area (TPSA) is 93.8 Å². The van der Waals surface area contributed by atoms with Gasteiger partial charge < -0.3 is 4.74 Å². The smallest absolute Gasteiger partial charge is 0.271 e. The molecule has 0 aromatic heterocycles. The predicted octanol–water partition coefficient (Wildman–Crippen LogP) is 2.76. The summed E-state index contributed by atoms with van der Waals surface area (Å²) in [5.74, 6) is 0.338. The zero-order chi connectivity index (χ0) is 16.7. The normalized spacial score (nSPS) is 10.5. The highest BCUT2D eigenvalue weighted by molar-refractivity contribution is 5.95. The minimum Gasteiger partial charge on any atom is -0.494 e. The van der Waals surface area contributed by atoms with Gasteiger partial charge in [0.05, 0.1) is 17.7 Å². The van der Waals surface area contributed by atoms with E-state index in [1.54, 1.807) is 36.4 Å². The molecule has 0 spiro atoms. The molecule has 0 aliphatic heterocycles. The van der Waals surface area contributed by atoms with Crippen LogP contribution in [0, 0.1) is 10.1 Å². The summed E-state index contributed by atoms with van der Waals surface area (Å²) in [6.07, 6.45) is 1.41. The Bertz CT molecular complexity index is 709. The summed E-state index contributed by atoms with van der Waals surface area (Å²) >= 11 is 0. The molecule has 0 atom stereocenters. The highest BCUT2D eigenvalue weighted by Gasteiger charge is 2.05. The molecule has 0 aliphatic carbocycles. The van der Waals surface area contributed by atoms with Gasteiger partial charge in [0.1, 0.15) is 5.75 Å². The number of rotatable bonds is 6. The molecule has 1 N–H and O–H groups in total. The summed E-state index contributed by atoms with van der Waals surface area (Å²) in [5.41, 5.74) is 3.49. The molecular formula is C16H15N3O4. The number of ether oxygens (including phenoxy) is 1. The Kier molecular flexibility index (Phi) is 5.40. The van der Waals surface area contributed by atoms with E-state index in [1.807, 2.05) is 6.92 Å². The highest BCUT2D eigenvalue weighted by atomic mass is 16.6. The summed E-state index contributed by atoms with van der Waals surface area (Å²) in [6, 6.07) is 12.5. The molecule has 0 heterocycles. The minimum absolute atomic E-state index is 0.000531. The number of carbonyl (C=O) groups excluding carboxylic acids is 1. The Morgan fingerprint density at radius 1 is 1.22 bits per heavy atom. The number of nitro benzene ring substituents is 1. The van der Waals surface area contributed by atoms with E-state index in [0.29, 0.717) is 23.5 Å². The Balaban J connectivity index is 1.93. The predicted molar refractivity (Wildman–Crippen MR) is 85.8 cm³/mol. The van der Waals surface area contributed by atoms with Crippen LogP contribution in [0.15, 0.2) is 53.6 Å². The number of nitrogens with zero attached hydrogens (tertiary/aromatic N) is 2. The summed E-state index contributed by atoms with van der Waals surface area (Å²) < 4.78 is 5.30. The molecule has 0 saturated carbocycles. The summed E-state index contributed by atoms with van der Waals surface area (Å²) in [4.78, 5) is 22.0. The van der Waals surface area contributed by atoms with Gasteiger partial charge >= 0.3 is 0 Å². The molecule has 2 rings (SSSR count). The molecule has 1 amide bonds. The number of non-ortho nitro benzene ring substituents is 1. The van der Waals surface area contributed by atoms with Crippen LogP contribution in [0.2, 0.25) is 0 Å². The lowest BCUT2D eigenvalue weighted by Crippen LogP contribution is -2.17. The van der Waals surface area contributed by atoms with E-state index in [-0.39, 0.29) is 11.6 Å². The maximum Gasteiger partial charge on any atom is 0.271 e. The molecule has 2 aromatic carbocycles. The van der Waals surface area contributed by atoms with Crippen LogP contribution in [0.5, 0.6) is 5.75 Å². The van der Waals surface area contributed by atoms with Crippen molar-refractivity contribution in [2.24, 2.45) is 5.10 Å². The van der Waals surface area contributed by atoms with Gasteiger partial charge in [-0.05, 0) is 48.9 Å². The molecule has 118 valence electrons. The van der Waals surface area contributed by atoms with Crippen molar-refractivity contribution in [1.82, 2.24) is 5.43 Å². The Labute approximate surface area is 132 Å². The highest BCUT2D eigenvalue weighted by Crippen LogP contribution is 2.12. The van der Waals surface area contributed by atoms with Crippen molar-refractivity contribution in [2.75, 3.05) is 6.61 Å². The number of benzene rings is 2. The lowest BCUT2D eigenvalue weighted by Gasteiger charge is -2.03. The van der Waals surface area contributed by atoms with Crippen molar-refractivity contribution in [2.45, 2.75) is 6.92 Å². The number of hydrogen-bond donors (Lipinski definition) is 1. The van der Waals surface area contributed by atoms with Crippen molar-refractivity contribution in [1.29, 1.82) is 0 Å². The van der Waals surface area contributed by atoms with Gasteiger partial charge in [-0.3, -0.25) is 14.9 Å². The number of hydrogen-bond acceptors (Lipinski definition) is 5. The first-order valence-corrected chi connectivity index (χ1v) is 6.91. The Morgan fingerprint density at radius 2 is 1.87 bits per heavy atom. The van der Waals surface area contributed by atoms with Gasteiger partial charge in [0.25, 0.3) is 11.6 Å². The van der Waals surface area contributed by atoms with Gasteiger partial charge in [-0.2, -0.15) is 5.10 Å². The standard InChI is InChI=1S/C16H15N3O4/c1-2-23-15-9-5-13(6-10-15)16(20)18-17-11-12-3-7-14(8-4-12)19(21)22/h3-11H,2H2,1H3,(H,18,20)/b17-11+. The van der Waals surface area contributed by atoms with Crippen LogP contribution in [-0.2, 0) is 0 Å². The molecule has 23 heavy (non-hydrogen) atoms. The van der Waals surface area contributed by atoms with E-state index in [9.17, 15) is 14.9 Å². The Hall–Kier alpha value is -3.22. The van der Waals surface area contributed by atoms with Crippen LogP contribution in [-0.4, -0.2) is 23.7 Å². The van der Waals surface area contributed by atoms with Gasteiger partial charge in [0.15, 0.2) is 0 Å². The van der Waals surface area contributed by atoms with E-state index < -0.39 is 4.92 Å². The molecule has 0 bridgehead atoms. The average Bonchev–Trinajstić information content (AvgIpc) is 2.56. The fourth-order valence-electron chi connectivity index (χ4n) is 1.78. The number of hydrazone groups is 1. The molecule has 0 fully saturated rings. The maximum atomic E-state index is 11.9. The molecule has 0 saturated heterocycles. The van der Waals surface area contributed by atoms with Gasteiger partial charge in [0, 0.05) is 17.7 Å².